The summed E-state index contributed by atoms with van der Waals surface area (Å²) in [4.78, 5) is 25.0. The van der Waals surface area contributed by atoms with Gasteiger partial charge in [0, 0.05) is 13.0 Å². The molecule has 0 spiro atoms. The first-order valence-electron chi connectivity index (χ1n) is 22.3. The highest BCUT2D eigenvalue weighted by Gasteiger charge is 2.20. The number of likely N-dealkylation sites (N-methyl/N-ethyl adjacent to an activating group) is 1. The van der Waals surface area contributed by atoms with Gasteiger partial charge in [0.25, 0.3) is 7.82 Å². The number of ether oxygens (including phenoxy) is 2. The molecular weight excluding hydrogens is 734 g/mol. The Bertz CT molecular complexity index is 1180. The van der Waals surface area contributed by atoms with E-state index in [1.165, 1.54) is 64.2 Å². The van der Waals surface area contributed by atoms with Crippen molar-refractivity contribution >= 4 is 13.8 Å². The maximum Gasteiger partial charge on any atom is 0.306 e. The van der Waals surface area contributed by atoms with Crippen molar-refractivity contribution in [2.45, 2.75) is 161 Å². The lowest BCUT2D eigenvalue weighted by molar-refractivity contribution is -0.870. The molecular formula is C48H84NO7P. The number of rotatable bonds is 40. The first-order chi connectivity index (χ1) is 27.6. The van der Waals surface area contributed by atoms with E-state index in [9.17, 15) is 14.3 Å². The molecule has 0 saturated carbocycles. The summed E-state index contributed by atoms with van der Waals surface area (Å²) in [6, 6.07) is 0. The van der Waals surface area contributed by atoms with Crippen LogP contribution in [0.25, 0.3) is 0 Å². The van der Waals surface area contributed by atoms with Crippen molar-refractivity contribution in [1.29, 1.82) is 0 Å². The number of hydrogen-bond donors (Lipinski definition) is 0. The van der Waals surface area contributed by atoms with E-state index in [4.69, 9.17) is 18.5 Å². The molecule has 0 saturated heterocycles. The summed E-state index contributed by atoms with van der Waals surface area (Å²) in [6.45, 7) is 5.13. The Labute approximate surface area is 350 Å². The van der Waals surface area contributed by atoms with Crippen molar-refractivity contribution in [3.63, 3.8) is 0 Å². The molecule has 0 N–H and O–H groups in total. The fraction of sp³-hybridized carbons (Fsp3) is 0.688. The average Bonchev–Trinajstić information content (AvgIpc) is 3.16. The number of nitrogens with zero attached hydrogens (tertiary/aromatic N) is 1. The van der Waals surface area contributed by atoms with Crippen LogP contribution in [-0.4, -0.2) is 70.7 Å². The average molecular weight is 818 g/mol. The van der Waals surface area contributed by atoms with E-state index < -0.39 is 19.9 Å². The highest BCUT2D eigenvalue weighted by atomic mass is 31.2. The second-order valence-corrected chi connectivity index (χ2v) is 17.1. The van der Waals surface area contributed by atoms with Gasteiger partial charge >= 0.3 is 5.97 Å². The zero-order chi connectivity index (χ0) is 42.0. The Hall–Kier alpha value is -2.32. The molecule has 2 unspecified atom stereocenters. The minimum atomic E-state index is -4.55. The molecule has 0 aliphatic heterocycles. The van der Waals surface area contributed by atoms with Crippen LogP contribution in [0.15, 0.2) is 85.1 Å². The van der Waals surface area contributed by atoms with Crippen LogP contribution in [0, 0.1) is 0 Å². The standard InChI is InChI=1S/C48H84NO7P/c1-6-8-10-12-14-16-18-20-21-22-23-24-25-26-27-28-30-32-34-36-38-40-43-53-45-47(46-55-57(51,52)54-44-42-49(3,4)5)56-48(50)41-39-37-35-33-31-29-19-17-15-13-11-9-7-2/h9,11,15,17-18,20,22-23,25-26,29,31,35,37,47H,6-8,10,12-14,16,19,21,24,27-28,30,32-34,36,38-46H2,1-5H3/b11-9-,17-15-,20-18-,23-22-,26-25-,31-29-,37-35-. The van der Waals surface area contributed by atoms with E-state index in [0.717, 1.165) is 64.2 Å². The highest BCUT2D eigenvalue weighted by molar-refractivity contribution is 7.45. The minimum Gasteiger partial charge on any atom is -0.756 e. The van der Waals surface area contributed by atoms with Gasteiger partial charge in [0.2, 0.25) is 0 Å². The lowest BCUT2D eigenvalue weighted by Gasteiger charge is -2.28. The van der Waals surface area contributed by atoms with Gasteiger partial charge in [0.05, 0.1) is 34.4 Å². The minimum absolute atomic E-state index is 0.00674. The first kappa shape index (κ1) is 54.7. The summed E-state index contributed by atoms with van der Waals surface area (Å²) in [5, 5.41) is 0. The number of carbonyl (C=O) groups excluding carboxylic acids is 1. The first-order valence-corrected chi connectivity index (χ1v) is 23.8. The van der Waals surface area contributed by atoms with Gasteiger partial charge in [-0.15, -0.1) is 0 Å². The molecule has 9 heteroatoms. The number of hydrogen-bond acceptors (Lipinski definition) is 7. The summed E-state index contributed by atoms with van der Waals surface area (Å²) in [5.74, 6) is -0.421. The largest absolute Gasteiger partial charge is 0.756 e. The molecule has 0 aliphatic rings. The van der Waals surface area contributed by atoms with Gasteiger partial charge in [-0.2, -0.15) is 0 Å². The Kier molecular flexibility index (Phi) is 38.8. The number of allylic oxidation sites excluding steroid dienone is 14. The third kappa shape index (κ3) is 44.6. The fourth-order valence-electron chi connectivity index (χ4n) is 5.51. The van der Waals surface area contributed by atoms with E-state index in [0.29, 0.717) is 24.1 Å². The molecule has 0 fully saturated rings. The Morgan fingerprint density at radius 1 is 0.561 bits per heavy atom. The molecule has 0 radical (unpaired) electrons. The van der Waals surface area contributed by atoms with Crippen LogP contribution in [0.4, 0.5) is 0 Å². The number of phosphoric acid groups is 1. The summed E-state index contributed by atoms with van der Waals surface area (Å²) < 4.78 is 34.5. The molecule has 0 amide bonds. The third-order valence-electron chi connectivity index (χ3n) is 8.94. The second kappa shape index (κ2) is 40.5. The Balaban J connectivity index is 4.29. The molecule has 0 bridgehead atoms. The monoisotopic (exact) mass is 818 g/mol. The second-order valence-electron chi connectivity index (χ2n) is 15.7. The van der Waals surface area contributed by atoms with E-state index >= 15 is 0 Å². The number of esters is 1. The van der Waals surface area contributed by atoms with Crippen molar-refractivity contribution in [1.82, 2.24) is 0 Å². The van der Waals surface area contributed by atoms with Crippen LogP contribution in [-0.2, 0) is 27.9 Å². The van der Waals surface area contributed by atoms with Gasteiger partial charge in [0.15, 0.2) is 0 Å². The fourth-order valence-corrected chi connectivity index (χ4v) is 6.23. The summed E-state index contributed by atoms with van der Waals surface area (Å²) in [7, 11) is 1.29. The topological polar surface area (TPSA) is 94.1 Å². The smallest absolute Gasteiger partial charge is 0.306 e. The van der Waals surface area contributed by atoms with Gasteiger partial charge in [0.1, 0.15) is 19.3 Å². The zero-order valence-corrected chi connectivity index (χ0v) is 37.9. The Morgan fingerprint density at radius 3 is 1.53 bits per heavy atom. The summed E-state index contributed by atoms with van der Waals surface area (Å²) in [6.07, 6.45) is 53.4. The summed E-state index contributed by atoms with van der Waals surface area (Å²) >= 11 is 0. The van der Waals surface area contributed by atoms with Gasteiger partial charge in [-0.3, -0.25) is 9.36 Å². The molecule has 8 nitrogen and oxygen atoms in total. The van der Waals surface area contributed by atoms with Crippen LogP contribution >= 0.6 is 7.82 Å². The maximum atomic E-state index is 12.6. The van der Waals surface area contributed by atoms with Crippen LogP contribution < -0.4 is 4.89 Å². The molecule has 0 aliphatic carbocycles. The molecule has 0 aromatic rings. The zero-order valence-electron chi connectivity index (χ0n) is 37.0. The molecule has 328 valence electrons. The van der Waals surface area contributed by atoms with Crippen molar-refractivity contribution in [2.24, 2.45) is 0 Å². The molecule has 0 heterocycles. The number of unbranched alkanes of at least 4 members (excludes halogenated alkanes) is 12. The normalized spacial score (nSPS) is 14.6. The summed E-state index contributed by atoms with van der Waals surface area (Å²) in [5.41, 5.74) is 0. The third-order valence-corrected chi connectivity index (χ3v) is 9.91. The van der Waals surface area contributed by atoms with Gasteiger partial charge < -0.3 is 27.9 Å². The van der Waals surface area contributed by atoms with Crippen LogP contribution in [0.1, 0.15) is 155 Å². The lowest BCUT2D eigenvalue weighted by Crippen LogP contribution is -2.37. The number of carbonyl (C=O) groups is 1. The van der Waals surface area contributed by atoms with Crippen molar-refractivity contribution < 1.29 is 37.3 Å². The molecule has 57 heavy (non-hydrogen) atoms. The quantitative estimate of drug-likeness (QED) is 0.0200. The SMILES string of the molecule is CC/C=C\C/C=C\C/C=C\C/C=C\CCC(=O)OC(COCCCCCCCCC/C=C\C/C=C\C/C=C\CCCCCCC)COP(=O)([O-])OCC[N+](C)(C)C. The lowest BCUT2D eigenvalue weighted by atomic mass is 10.1. The Morgan fingerprint density at radius 2 is 1.02 bits per heavy atom. The van der Waals surface area contributed by atoms with Crippen LogP contribution in [0.5, 0.6) is 0 Å². The van der Waals surface area contributed by atoms with E-state index in [2.05, 4.69) is 86.8 Å². The number of quaternary nitrogens is 1. The highest BCUT2D eigenvalue weighted by Crippen LogP contribution is 2.38. The molecule has 0 rings (SSSR count). The van der Waals surface area contributed by atoms with Gasteiger partial charge in [-0.1, -0.05) is 157 Å². The van der Waals surface area contributed by atoms with E-state index in [-0.39, 0.29) is 26.2 Å². The molecule has 0 aromatic heterocycles. The maximum absolute atomic E-state index is 12.6. The van der Waals surface area contributed by atoms with Gasteiger partial charge in [-0.25, -0.2) is 0 Å². The predicted octanol–water partition coefficient (Wildman–Crippen LogP) is 12.6. The van der Waals surface area contributed by atoms with Gasteiger partial charge in [-0.05, 0) is 77.0 Å². The number of phosphoric ester groups is 1. The van der Waals surface area contributed by atoms with E-state index in [1.54, 1.807) is 0 Å². The van der Waals surface area contributed by atoms with Crippen LogP contribution in [0.2, 0.25) is 0 Å². The van der Waals surface area contributed by atoms with Crippen molar-refractivity contribution in [2.75, 3.05) is 54.1 Å². The van der Waals surface area contributed by atoms with Crippen LogP contribution in [0.3, 0.4) is 0 Å². The molecule has 0 aromatic carbocycles. The van der Waals surface area contributed by atoms with Crippen molar-refractivity contribution in [3.8, 4) is 0 Å². The van der Waals surface area contributed by atoms with Crippen molar-refractivity contribution in [3.05, 3.63) is 85.1 Å². The molecule has 2 atom stereocenters. The van der Waals surface area contributed by atoms with E-state index in [1.807, 2.05) is 33.3 Å². The predicted molar refractivity (Wildman–Crippen MR) is 240 cm³/mol.